The summed E-state index contributed by atoms with van der Waals surface area (Å²) >= 11 is 0. The van der Waals surface area contributed by atoms with Crippen molar-refractivity contribution in [1.82, 2.24) is 4.90 Å². The van der Waals surface area contributed by atoms with Crippen LogP contribution in [0.4, 0.5) is 0 Å². The summed E-state index contributed by atoms with van der Waals surface area (Å²) in [4.78, 5) is 16.8. The van der Waals surface area contributed by atoms with Gasteiger partial charge in [0.05, 0.1) is 6.61 Å². The van der Waals surface area contributed by atoms with Crippen molar-refractivity contribution in [1.29, 1.82) is 0 Å². The Hall–Kier alpha value is -1.06. The van der Waals surface area contributed by atoms with Crippen molar-refractivity contribution >= 4 is 11.8 Å². The molecule has 12 heavy (non-hydrogen) atoms. The van der Waals surface area contributed by atoms with E-state index in [1.165, 1.54) is 0 Å². The first kappa shape index (κ1) is 9.03. The lowest BCUT2D eigenvalue weighted by Crippen LogP contribution is -2.46. The van der Waals surface area contributed by atoms with E-state index in [-0.39, 0.29) is 18.5 Å². The molecule has 0 aromatic heterocycles. The number of rotatable bonds is 1. The Bertz CT molecular complexity index is 213. The van der Waals surface area contributed by atoms with Crippen LogP contribution in [0.2, 0.25) is 0 Å². The van der Waals surface area contributed by atoms with E-state index in [1.54, 1.807) is 11.9 Å². The van der Waals surface area contributed by atoms with Crippen molar-refractivity contribution in [3.8, 4) is 0 Å². The van der Waals surface area contributed by atoms with Crippen LogP contribution in [0.15, 0.2) is 4.99 Å². The summed E-state index contributed by atoms with van der Waals surface area (Å²) in [6.45, 7) is 4.64. The number of aliphatic imine (C=N–C) groups is 1. The molecule has 0 N–H and O–H groups in total. The lowest BCUT2D eigenvalue weighted by molar-refractivity contribution is -0.130. The summed E-state index contributed by atoms with van der Waals surface area (Å²) in [5, 5.41) is 0. The number of nitrogens with zero attached hydrogens (tertiary/aromatic N) is 2. The maximum Gasteiger partial charge on any atom is 0.244 e. The summed E-state index contributed by atoms with van der Waals surface area (Å²) in [6, 6.07) is -0.0220. The van der Waals surface area contributed by atoms with E-state index in [2.05, 4.69) is 4.99 Å². The van der Waals surface area contributed by atoms with E-state index in [9.17, 15) is 4.79 Å². The predicted molar refractivity (Wildman–Crippen MR) is 46.2 cm³/mol. The third-order valence-electron chi connectivity index (χ3n) is 1.99. The largest absolute Gasteiger partial charge is 0.480 e. The Labute approximate surface area is 72.2 Å². The van der Waals surface area contributed by atoms with Crippen molar-refractivity contribution in [2.24, 2.45) is 4.99 Å². The minimum absolute atomic E-state index is 0.0220. The van der Waals surface area contributed by atoms with Crippen LogP contribution in [-0.2, 0) is 9.53 Å². The van der Waals surface area contributed by atoms with Crippen LogP contribution in [0.1, 0.15) is 13.8 Å². The quantitative estimate of drug-likeness (QED) is 0.567. The lowest BCUT2D eigenvalue weighted by Gasteiger charge is -2.28. The normalized spacial score (nSPS) is 23.9. The van der Waals surface area contributed by atoms with Gasteiger partial charge in [-0.15, -0.1) is 0 Å². The molecule has 68 valence electrons. The van der Waals surface area contributed by atoms with Crippen molar-refractivity contribution in [3.05, 3.63) is 0 Å². The summed E-state index contributed by atoms with van der Waals surface area (Å²) in [6.07, 6.45) is 0. The summed E-state index contributed by atoms with van der Waals surface area (Å²) in [5.74, 6) is 0.713. The average molecular weight is 170 g/mol. The highest BCUT2D eigenvalue weighted by molar-refractivity contribution is 5.93. The van der Waals surface area contributed by atoms with Crippen LogP contribution >= 0.6 is 0 Å². The molecule has 0 aliphatic carbocycles. The van der Waals surface area contributed by atoms with Gasteiger partial charge in [-0.1, -0.05) is 0 Å². The number of ether oxygens (including phenoxy) is 1. The molecule has 0 aromatic rings. The van der Waals surface area contributed by atoms with Gasteiger partial charge in [-0.3, -0.25) is 4.79 Å². The molecular formula is C8H14N2O2. The molecule has 0 radical (unpaired) electrons. The summed E-state index contributed by atoms with van der Waals surface area (Å²) < 4.78 is 5.27. The van der Waals surface area contributed by atoms with Crippen molar-refractivity contribution in [3.63, 3.8) is 0 Å². The average Bonchev–Trinajstić information content (AvgIpc) is 2.07. The van der Waals surface area contributed by atoms with Crippen LogP contribution < -0.4 is 0 Å². The first-order valence-corrected chi connectivity index (χ1v) is 4.09. The number of carbonyl (C=O) groups is 1. The monoisotopic (exact) mass is 170 g/mol. The summed E-state index contributed by atoms with van der Waals surface area (Å²) in [5.41, 5.74) is 0. The topological polar surface area (TPSA) is 41.9 Å². The fraction of sp³-hybridized carbons (Fsp3) is 0.750. The van der Waals surface area contributed by atoms with Crippen molar-refractivity contribution < 1.29 is 9.53 Å². The van der Waals surface area contributed by atoms with Crippen LogP contribution in [-0.4, -0.2) is 42.9 Å². The van der Waals surface area contributed by atoms with E-state index in [0.717, 1.165) is 0 Å². The molecule has 0 spiro atoms. The Balaban J connectivity index is 2.70. The Kier molecular flexibility index (Phi) is 2.68. The van der Waals surface area contributed by atoms with Gasteiger partial charge in [0.15, 0.2) is 0 Å². The smallest absolute Gasteiger partial charge is 0.244 e. The molecule has 1 aliphatic rings. The van der Waals surface area contributed by atoms with Gasteiger partial charge in [0.2, 0.25) is 11.8 Å². The molecule has 0 unspecified atom stereocenters. The zero-order valence-corrected chi connectivity index (χ0v) is 7.70. The standard InChI is InChI=1S/C8H14N2O2/c1-4-12-8-6(2)10(3)7(11)5-9-8/h6H,4-5H2,1-3H3/t6-/m0/s1. The maximum atomic E-state index is 11.1. The van der Waals surface area contributed by atoms with Gasteiger partial charge in [0.25, 0.3) is 0 Å². The zero-order chi connectivity index (χ0) is 9.14. The van der Waals surface area contributed by atoms with Crippen LogP contribution in [0.3, 0.4) is 0 Å². The molecule has 1 amide bonds. The number of likely N-dealkylation sites (N-methyl/N-ethyl adjacent to an activating group) is 1. The molecule has 1 aliphatic heterocycles. The number of amides is 1. The molecule has 1 heterocycles. The first-order chi connectivity index (χ1) is 5.66. The molecule has 0 fully saturated rings. The minimum atomic E-state index is -0.0220. The van der Waals surface area contributed by atoms with Gasteiger partial charge >= 0.3 is 0 Å². The van der Waals surface area contributed by atoms with Crippen LogP contribution in [0.25, 0.3) is 0 Å². The second-order valence-corrected chi connectivity index (χ2v) is 2.77. The lowest BCUT2D eigenvalue weighted by atomic mass is 10.2. The third kappa shape index (κ3) is 1.57. The van der Waals surface area contributed by atoms with Gasteiger partial charge < -0.3 is 9.64 Å². The Morgan fingerprint density at radius 1 is 1.75 bits per heavy atom. The number of hydrogen-bond acceptors (Lipinski definition) is 3. The van der Waals surface area contributed by atoms with Crippen molar-refractivity contribution in [2.75, 3.05) is 20.2 Å². The second kappa shape index (κ2) is 3.56. The highest BCUT2D eigenvalue weighted by Gasteiger charge is 2.25. The molecule has 0 bridgehead atoms. The van der Waals surface area contributed by atoms with Gasteiger partial charge in [0, 0.05) is 7.05 Å². The predicted octanol–water partition coefficient (Wildman–Crippen LogP) is 0.282. The van der Waals surface area contributed by atoms with Gasteiger partial charge in [-0.2, -0.15) is 0 Å². The SMILES string of the molecule is CCOC1=NCC(=O)N(C)[C@H]1C. The van der Waals surface area contributed by atoms with Gasteiger partial charge in [0.1, 0.15) is 12.6 Å². The van der Waals surface area contributed by atoms with Crippen LogP contribution in [0, 0.1) is 0 Å². The maximum absolute atomic E-state index is 11.1. The van der Waals surface area contributed by atoms with E-state index in [1.807, 2.05) is 13.8 Å². The molecule has 1 atom stereocenters. The molecule has 0 aromatic carbocycles. The van der Waals surface area contributed by atoms with E-state index in [4.69, 9.17) is 4.74 Å². The zero-order valence-electron chi connectivity index (χ0n) is 7.70. The van der Waals surface area contributed by atoms with E-state index in [0.29, 0.717) is 12.5 Å². The molecular weight excluding hydrogens is 156 g/mol. The third-order valence-corrected chi connectivity index (χ3v) is 1.99. The first-order valence-electron chi connectivity index (χ1n) is 4.09. The van der Waals surface area contributed by atoms with E-state index < -0.39 is 0 Å². The molecule has 0 saturated carbocycles. The van der Waals surface area contributed by atoms with Crippen LogP contribution in [0.5, 0.6) is 0 Å². The molecule has 1 rings (SSSR count). The highest BCUT2D eigenvalue weighted by atomic mass is 16.5. The molecule has 4 heteroatoms. The minimum Gasteiger partial charge on any atom is -0.480 e. The molecule has 0 saturated heterocycles. The summed E-state index contributed by atoms with van der Waals surface area (Å²) in [7, 11) is 1.76. The van der Waals surface area contributed by atoms with E-state index >= 15 is 0 Å². The number of carbonyl (C=O) groups excluding carboxylic acids is 1. The second-order valence-electron chi connectivity index (χ2n) is 2.77. The van der Waals surface area contributed by atoms with Gasteiger partial charge in [-0.25, -0.2) is 4.99 Å². The fourth-order valence-electron chi connectivity index (χ4n) is 1.08. The highest BCUT2D eigenvalue weighted by Crippen LogP contribution is 2.06. The van der Waals surface area contributed by atoms with Crippen molar-refractivity contribution in [2.45, 2.75) is 19.9 Å². The molecule has 4 nitrogen and oxygen atoms in total. The Morgan fingerprint density at radius 3 is 3.00 bits per heavy atom. The fourth-order valence-corrected chi connectivity index (χ4v) is 1.08. The Morgan fingerprint density at radius 2 is 2.42 bits per heavy atom. The van der Waals surface area contributed by atoms with Gasteiger partial charge in [-0.05, 0) is 13.8 Å². The number of hydrogen-bond donors (Lipinski definition) is 0.